The van der Waals surface area contributed by atoms with Crippen LogP contribution in [-0.4, -0.2) is 56.7 Å². The highest BCUT2D eigenvalue weighted by Gasteiger charge is 2.21. The van der Waals surface area contributed by atoms with Gasteiger partial charge in [-0.2, -0.15) is 0 Å². The number of carbonyl (C=O) groups excluding carboxylic acids is 1. The number of anilines is 1. The summed E-state index contributed by atoms with van der Waals surface area (Å²) in [5.41, 5.74) is 1.47. The maximum absolute atomic E-state index is 13.4. The molecule has 1 amide bonds. The minimum Gasteiger partial charge on any atom is -0.497 e. The molecule has 0 radical (unpaired) electrons. The molecule has 3 aromatic rings. The maximum atomic E-state index is 13.4. The van der Waals surface area contributed by atoms with E-state index in [9.17, 15) is 4.79 Å². The molecule has 2 aromatic carbocycles. The number of ether oxygens (including phenoxy) is 2. The van der Waals surface area contributed by atoms with Crippen LogP contribution in [-0.2, 0) is 0 Å². The molecule has 0 aliphatic carbocycles. The van der Waals surface area contributed by atoms with Crippen molar-refractivity contribution in [2.75, 3.05) is 45.8 Å². The van der Waals surface area contributed by atoms with Crippen molar-refractivity contribution in [1.29, 1.82) is 0 Å². The molecule has 0 spiro atoms. The number of hydrogen-bond acceptors (Lipinski definition) is 6. The van der Waals surface area contributed by atoms with E-state index in [4.69, 9.17) is 14.5 Å². The number of nitrogens with zero attached hydrogens (tertiary/aromatic N) is 3. The second-order valence-corrected chi connectivity index (χ2v) is 9.03. The molecule has 6 nitrogen and oxygen atoms in total. The van der Waals surface area contributed by atoms with Gasteiger partial charge in [-0.25, -0.2) is 4.98 Å². The first kappa shape index (κ1) is 26.9. The van der Waals surface area contributed by atoms with Gasteiger partial charge in [0.2, 0.25) is 0 Å². The molecular formula is C25H34ClN3O3S. The molecule has 8 heteroatoms. The number of hydrogen-bond donors (Lipinski definition) is 0. The third-order valence-electron chi connectivity index (χ3n) is 5.16. The predicted molar refractivity (Wildman–Crippen MR) is 140 cm³/mol. The number of thiazole rings is 1. The second-order valence-electron chi connectivity index (χ2n) is 8.02. The largest absolute Gasteiger partial charge is 0.497 e. The number of rotatable bonds is 12. The Hall–Kier alpha value is -2.35. The van der Waals surface area contributed by atoms with Gasteiger partial charge in [0.15, 0.2) is 5.13 Å². The number of carbonyl (C=O) groups is 1. The number of benzene rings is 2. The Kier molecular flexibility index (Phi) is 10.9. The van der Waals surface area contributed by atoms with E-state index in [0.29, 0.717) is 23.8 Å². The quantitative estimate of drug-likeness (QED) is 0.295. The molecule has 0 bridgehead atoms. The molecule has 33 heavy (non-hydrogen) atoms. The van der Waals surface area contributed by atoms with E-state index in [2.05, 4.69) is 11.8 Å². The van der Waals surface area contributed by atoms with Crippen molar-refractivity contribution >= 4 is 45.0 Å². The molecule has 0 aliphatic heterocycles. The second kappa shape index (κ2) is 13.4. The molecule has 1 aromatic heterocycles. The summed E-state index contributed by atoms with van der Waals surface area (Å²) in [6.07, 6.45) is 4.22. The maximum Gasteiger partial charge on any atom is 0.260 e. The van der Waals surface area contributed by atoms with Crippen LogP contribution < -0.4 is 14.4 Å². The van der Waals surface area contributed by atoms with Crippen LogP contribution >= 0.6 is 23.7 Å². The van der Waals surface area contributed by atoms with Crippen LogP contribution in [0.2, 0.25) is 0 Å². The van der Waals surface area contributed by atoms with Crippen LogP contribution in [0.3, 0.4) is 0 Å². The smallest absolute Gasteiger partial charge is 0.260 e. The summed E-state index contributed by atoms with van der Waals surface area (Å²) in [6, 6.07) is 13.2. The topological polar surface area (TPSA) is 54.9 Å². The van der Waals surface area contributed by atoms with Gasteiger partial charge in [-0.1, -0.05) is 31.1 Å². The highest BCUT2D eigenvalue weighted by Crippen LogP contribution is 2.32. The first-order valence-corrected chi connectivity index (χ1v) is 12.0. The molecule has 1 heterocycles. The third kappa shape index (κ3) is 7.59. The Balaban J connectivity index is 0.00000385. The van der Waals surface area contributed by atoms with Crippen molar-refractivity contribution in [3.8, 4) is 11.5 Å². The van der Waals surface area contributed by atoms with E-state index in [1.165, 1.54) is 17.8 Å². The predicted octanol–water partition coefficient (Wildman–Crippen LogP) is 5.89. The highest BCUT2D eigenvalue weighted by molar-refractivity contribution is 7.22. The van der Waals surface area contributed by atoms with Gasteiger partial charge in [-0.15, -0.1) is 12.4 Å². The lowest BCUT2D eigenvalue weighted by molar-refractivity contribution is 0.0986. The average Bonchev–Trinajstić information content (AvgIpc) is 3.22. The van der Waals surface area contributed by atoms with Crippen LogP contribution in [0, 0.1) is 0 Å². The monoisotopic (exact) mass is 491 g/mol. The number of halogens is 1. The fraction of sp³-hybridized carbons (Fsp3) is 0.440. The van der Waals surface area contributed by atoms with Gasteiger partial charge < -0.3 is 14.4 Å². The molecule has 180 valence electrons. The molecule has 0 N–H and O–H groups in total. The van der Waals surface area contributed by atoms with E-state index < -0.39 is 0 Å². The highest BCUT2D eigenvalue weighted by atomic mass is 35.5. The van der Waals surface area contributed by atoms with Gasteiger partial charge in [-0.3, -0.25) is 9.69 Å². The van der Waals surface area contributed by atoms with Crippen LogP contribution in [0.4, 0.5) is 5.13 Å². The molecule has 3 rings (SSSR count). The van der Waals surface area contributed by atoms with E-state index in [1.54, 1.807) is 12.0 Å². The van der Waals surface area contributed by atoms with Crippen molar-refractivity contribution in [2.24, 2.45) is 0 Å². The summed E-state index contributed by atoms with van der Waals surface area (Å²) in [4.78, 5) is 22.1. The van der Waals surface area contributed by atoms with Crippen molar-refractivity contribution in [1.82, 2.24) is 9.88 Å². The van der Waals surface area contributed by atoms with Crippen molar-refractivity contribution < 1.29 is 14.3 Å². The summed E-state index contributed by atoms with van der Waals surface area (Å²) in [6.45, 7) is 4.37. The fourth-order valence-corrected chi connectivity index (χ4v) is 4.33. The zero-order valence-electron chi connectivity index (χ0n) is 19.9. The SMILES string of the molecule is CCCCCOc1ccc(C(=O)N(CCCN(C)C)c2nc3cc(OC)ccc3s2)cc1.Cl. The minimum absolute atomic E-state index is 0. The zero-order chi connectivity index (χ0) is 22.9. The normalized spacial score (nSPS) is 10.8. The van der Waals surface area contributed by atoms with Crippen LogP contribution in [0.25, 0.3) is 10.2 Å². The number of aromatic nitrogens is 1. The van der Waals surface area contributed by atoms with Crippen LogP contribution in [0.5, 0.6) is 11.5 Å². The molecule has 0 aliphatic rings. The number of amides is 1. The molecule has 0 saturated carbocycles. The van der Waals surface area contributed by atoms with E-state index in [1.807, 2.05) is 56.6 Å². The lowest BCUT2D eigenvalue weighted by Crippen LogP contribution is -2.33. The van der Waals surface area contributed by atoms with Crippen LogP contribution in [0.15, 0.2) is 42.5 Å². The van der Waals surface area contributed by atoms with E-state index in [0.717, 1.165) is 47.5 Å². The number of fused-ring (bicyclic) bond motifs is 1. The van der Waals surface area contributed by atoms with E-state index >= 15 is 0 Å². The van der Waals surface area contributed by atoms with Crippen molar-refractivity contribution in [2.45, 2.75) is 32.6 Å². The van der Waals surface area contributed by atoms with Crippen LogP contribution in [0.1, 0.15) is 43.0 Å². The van der Waals surface area contributed by atoms with Gasteiger partial charge in [-0.05, 0) is 69.9 Å². The molecule has 0 unspecified atom stereocenters. The first-order chi connectivity index (χ1) is 15.5. The minimum atomic E-state index is -0.0488. The summed E-state index contributed by atoms with van der Waals surface area (Å²) >= 11 is 1.53. The summed E-state index contributed by atoms with van der Waals surface area (Å²) in [7, 11) is 5.72. The molecule has 0 saturated heterocycles. The Bertz CT molecular complexity index is 1010. The fourth-order valence-electron chi connectivity index (χ4n) is 3.36. The lowest BCUT2D eigenvalue weighted by Gasteiger charge is -2.21. The van der Waals surface area contributed by atoms with Gasteiger partial charge >= 0.3 is 0 Å². The van der Waals surface area contributed by atoms with Crippen molar-refractivity contribution in [3.05, 3.63) is 48.0 Å². The van der Waals surface area contributed by atoms with Gasteiger partial charge in [0, 0.05) is 18.2 Å². The van der Waals surface area contributed by atoms with E-state index in [-0.39, 0.29) is 18.3 Å². The van der Waals surface area contributed by atoms with Gasteiger partial charge in [0.1, 0.15) is 11.5 Å². The lowest BCUT2D eigenvalue weighted by atomic mass is 10.2. The molecular weight excluding hydrogens is 458 g/mol. The van der Waals surface area contributed by atoms with Crippen molar-refractivity contribution in [3.63, 3.8) is 0 Å². The standard InChI is InChI=1S/C25H33N3O3S.ClH/c1-5-6-7-17-31-20-11-9-19(10-12-20)24(29)28(16-8-15-27(2)3)25-26-22-18-21(30-4)13-14-23(22)32-25;/h9-14,18H,5-8,15-17H2,1-4H3;1H. The Labute approximate surface area is 206 Å². The number of unbranched alkanes of at least 4 members (excludes halogenated alkanes) is 2. The third-order valence-corrected chi connectivity index (χ3v) is 6.22. The average molecular weight is 492 g/mol. The Morgan fingerprint density at radius 2 is 1.73 bits per heavy atom. The Morgan fingerprint density at radius 1 is 1.00 bits per heavy atom. The summed E-state index contributed by atoms with van der Waals surface area (Å²) < 4.78 is 12.1. The number of methoxy groups -OCH3 is 1. The molecule has 0 fully saturated rings. The first-order valence-electron chi connectivity index (χ1n) is 11.2. The molecule has 0 atom stereocenters. The Morgan fingerprint density at radius 3 is 2.39 bits per heavy atom. The zero-order valence-corrected chi connectivity index (χ0v) is 21.5. The van der Waals surface area contributed by atoms with Gasteiger partial charge in [0.05, 0.1) is 23.9 Å². The van der Waals surface area contributed by atoms with Gasteiger partial charge in [0.25, 0.3) is 5.91 Å². The summed E-state index contributed by atoms with van der Waals surface area (Å²) in [5.74, 6) is 1.51. The summed E-state index contributed by atoms with van der Waals surface area (Å²) in [5, 5.41) is 0.705.